The molecule has 3 heteroatoms. The van der Waals surface area contributed by atoms with E-state index in [0.717, 1.165) is 5.92 Å². The van der Waals surface area contributed by atoms with Crippen molar-refractivity contribution in [3.05, 3.63) is 0 Å². The highest BCUT2D eigenvalue weighted by atomic mass is 16.3. The second-order valence-corrected chi connectivity index (χ2v) is 5.34. The number of rotatable bonds is 6. The Labute approximate surface area is 92.9 Å². The predicted molar refractivity (Wildman–Crippen MR) is 61.7 cm³/mol. The van der Waals surface area contributed by atoms with Crippen molar-refractivity contribution < 1.29 is 10.2 Å². The van der Waals surface area contributed by atoms with Gasteiger partial charge in [0, 0.05) is 18.0 Å². The molecule has 0 aliphatic heterocycles. The largest absolute Gasteiger partial charge is 0.396 e. The van der Waals surface area contributed by atoms with Crippen LogP contribution in [0.15, 0.2) is 0 Å². The first-order valence-electron chi connectivity index (χ1n) is 6.06. The summed E-state index contributed by atoms with van der Waals surface area (Å²) >= 11 is 0. The number of aliphatic hydroxyl groups excluding tert-OH is 2. The minimum Gasteiger partial charge on any atom is -0.396 e. The van der Waals surface area contributed by atoms with E-state index in [2.05, 4.69) is 12.2 Å². The van der Waals surface area contributed by atoms with Gasteiger partial charge in [-0.1, -0.05) is 19.8 Å². The molecule has 0 aromatic carbocycles. The summed E-state index contributed by atoms with van der Waals surface area (Å²) in [7, 11) is 0. The molecule has 0 heterocycles. The Morgan fingerprint density at radius 3 is 2.27 bits per heavy atom. The molecule has 0 aromatic heterocycles. The van der Waals surface area contributed by atoms with Gasteiger partial charge in [0.25, 0.3) is 0 Å². The monoisotopic (exact) mass is 215 g/mol. The average Bonchev–Trinajstić information content (AvgIpc) is 2.79. The molecular weight excluding hydrogens is 190 g/mol. The first kappa shape index (κ1) is 12.9. The zero-order chi connectivity index (χ0) is 11.3. The lowest BCUT2D eigenvalue weighted by molar-refractivity contribution is 0.0659. The van der Waals surface area contributed by atoms with E-state index in [-0.39, 0.29) is 18.6 Å². The Morgan fingerprint density at radius 1 is 1.27 bits per heavy atom. The highest BCUT2D eigenvalue weighted by molar-refractivity contribution is 4.81. The van der Waals surface area contributed by atoms with Gasteiger partial charge in [0.1, 0.15) is 0 Å². The Bertz CT molecular complexity index is 174. The molecule has 1 rings (SSSR count). The van der Waals surface area contributed by atoms with Gasteiger partial charge in [-0.25, -0.2) is 0 Å². The summed E-state index contributed by atoms with van der Waals surface area (Å²) in [4.78, 5) is 0. The first-order chi connectivity index (χ1) is 7.11. The Balaban J connectivity index is 2.28. The Morgan fingerprint density at radius 2 is 1.80 bits per heavy atom. The fourth-order valence-corrected chi connectivity index (χ4v) is 2.19. The van der Waals surface area contributed by atoms with Crippen molar-refractivity contribution in [2.45, 2.75) is 45.6 Å². The fourth-order valence-electron chi connectivity index (χ4n) is 2.19. The van der Waals surface area contributed by atoms with E-state index in [4.69, 9.17) is 10.2 Å². The third-order valence-corrected chi connectivity index (χ3v) is 3.72. The molecule has 1 aliphatic rings. The lowest BCUT2D eigenvalue weighted by atomic mass is 9.91. The highest BCUT2D eigenvalue weighted by Crippen LogP contribution is 2.27. The normalized spacial score (nSPS) is 20.8. The van der Waals surface area contributed by atoms with E-state index in [1.807, 2.05) is 6.92 Å². The fraction of sp³-hybridized carbons (Fsp3) is 1.00. The quantitative estimate of drug-likeness (QED) is 0.623. The standard InChI is InChI=1S/C12H25NO2/c1-10(11-5-3-4-6-11)13-7-12(2,8-14)9-15/h10-11,13-15H,3-9H2,1-2H3/t10-/m1/s1. The summed E-state index contributed by atoms with van der Waals surface area (Å²) in [5.74, 6) is 0.784. The summed E-state index contributed by atoms with van der Waals surface area (Å²) in [5, 5.41) is 21.8. The molecule has 15 heavy (non-hydrogen) atoms. The molecule has 0 bridgehead atoms. The molecule has 0 amide bonds. The maximum Gasteiger partial charge on any atom is 0.0518 e. The summed E-state index contributed by atoms with van der Waals surface area (Å²) in [6, 6.07) is 0.505. The van der Waals surface area contributed by atoms with Gasteiger partial charge in [0.05, 0.1) is 13.2 Å². The van der Waals surface area contributed by atoms with Crippen LogP contribution in [0.5, 0.6) is 0 Å². The van der Waals surface area contributed by atoms with Crippen molar-refractivity contribution in [3.63, 3.8) is 0 Å². The molecule has 0 spiro atoms. The smallest absolute Gasteiger partial charge is 0.0518 e. The van der Waals surface area contributed by atoms with Crippen LogP contribution in [0.4, 0.5) is 0 Å². The molecule has 3 N–H and O–H groups in total. The van der Waals surface area contributed by atoms with Crippen LogP contribution >= 0.6 is 0 Å². The topological polar surface area (TPSA) is 52.5 Å². The third-order valence-electron chi connectivity index (χ3n) is 3.72. The van der Waals surface area contributed by atoms with Gasteiger partial charge in [-0.15, -0.1) is 0 Å². The predicted octanol–water partition coefficient (Wildman–Crippen LogP) is 1.15. The van der Waals surface area contributed by atoms with Crippen molar-refractivity contribution in [2.75, 3.05) is 19.8 Å². The molecule has 0 aromatic rings. The third kappa shape index (κ3) is 3.74. The highest BCUT2D eigenvalue weighted by Gasteiger charge is 2.26. The van der Waals surface area contributed by atoms with Crippen molar-refractivity contribution in [2.24, 2.45) is 11.3 Å². The molecule has 0 saturated heterocycles. The SMILES string of the molecule is C[C@@H](NCC(C)(CO)CO)C1CCCC1. The van der Waals surface area contributed by atoms with Crippen LogP contribution in [-0.4, -0.2) is 36.0 Å². The molecule has 1 saturated carbocycles. The lowest BCUT2D eigenvalue weighted by Crippen LogP contribution is -2.43. The average molecular weight is 215 g/mol. The second kappa shape index (κ2) is 5.83. The minimum absolute atomic E-state index is 0.0356. The van der Waals surface area contributed by atoms with Crippen molar-refractivity contribution >= 4 is 0 Å². The van der Waals surface area contributed by atoms with Crippen LogP contribution in [0.2, 0.25) is 0 Å². The number of aliphatic hydroxyl groups is 2. The maximum atomic E-state index is 9.16. The van der Waals surface area contributed by atoms with Crippen LogP contribution in [0, 0.1) is 11.3 Å². The summed E-state index contributed by atoms with van der Waals surface area (Å²) in [5.41, 5.74) is -0.382. The van der Waals surface area contributed by atoms with E-state index < -0.39 is 0 Å². The van der Waals surface area contributed by atoms with Crippen LogP contribution in [-0.2, 0) is 0 Å². The van der Waals surface area contributed by atoms with Gasteiger partial charge >= 0.3 is 0 Å². The molecule has 0 radical (unpaired) electrons. The van der Waals surface area contributed by atoms with Gasteiger partial charge in [-0.2, -0.15) is 0 Å². The molecule has 1 atom stereocenters. The molecule has 1 fully saturated rings. The number of nitrogens with one attached hydrogen (secondary N) is 1. The molecule has 90 valence electrons. The van der Waals surface area contributed by atoms with Crippen molar-refractivity contribution in [1.29, 1.82) is 0 Å². The Hall–Kier alpha value is -0.120. The summed E-state index contributed by atoms with van der Waals surface area (Å²) < 4.78 is 0. The van der Waals surface area contributed by atoms with Gasteiger partial charge in [0.15, 0.2) is 0 Å². The second-order valence-electron chi connectivity index (χ2n) is 5.34. The van der Waals surface area contributed by atoms with Crippen LogP contribution in [0.3, 0.4) is 0 Å². The summed E-state index contributed by atoms with van der Waals surface area (Å²) in [6.45, 7) is 4.88. The maximum absolute atomic E-state index is 9.16. The van der Waals surface area contributed by atoms with Gasteiger partial charge in [-0.3, -0.25) is 0 Å². The summed E-state index contributed by atoms with van der Waals surface area (Å²) in [6.07, 6.45) is 5.36. The molecule has 3 nitrogen and oxygen atoms in total. The van der Waals surface area contributed by atoms with Gasteiger partial charge in [-0.05, 0) is 25.7 Å². The van der Waals surface area contributed by atoms with Gasteiger partial charge < -0.3 is 15.5 Å². The van der Waals surface area contributed by atoms with Crippen molar-refractivity contribution in [3.8, 4) is 0 Å². The first-order valence-corrected chi connectivity index (χ1v) is 6.06. The van der Waals surface area contributed by atoms with E-state index in [1.54, 1.807) is 0 Å². The van der Waals surface area contributed by atoms with E-state index in [9.17, 15) is 0 Å². The Kier molecular flexibility index (Phi) is 5.03. The van der Waals surface area contributed by atoms with Crippen LogP contribution < -0.4 is 5.32 Å². The van der Waals surface area contributed by atoms with E-state index >= 15 is 0 Å². The lowest BCUT2D eigenvalue weighted by Gasteiger charge is -2.29. The minimum atomic E-state index is -0.382. The zero-order valence-corrected chi connectivity index (χ0v) is 10.00. The molecule has 1 aliphatic carbocycles. The molecular formula is C12H25NO2. The van der Waals surface area contributed by atoms with Gasteiger partial charge in [0.2, 0.25) is 0 Å². The van der Waals surface area contributed by atoms with E-state index in [1.165, 1.54) is 25.7 Å². The number of hydrogen-bond donors (Lipinski definition) is 3. The number of hydrogen-bond acceptors (Lipinski definition) is 3. The van der Waals surface area contributed by atoms with Crippen LogP contribution in [0.25, 0.3) is 0 Å². The zero-order valence-electron chi connectivity index (χ0n) is 10.00. The van der Waals surface area contributed by atoms with Crippen LogP contribution in [0.1, 0.15) is 39.5 Å². The van der Waals surface area contributed by atoms with Crippen molar-refractivity contribution in [1.82, 2.24) is 5.32 Å². The molecule has 0 unspecified atom stereocenters. The van der Waals surface area contributed by atoms with E-state index in [0.29, 0.717) is 12.6 Å².